The van der Waals surface area contributed by atoms with Crippen LogP contribution in [-0.2, 0) is 0 Å². The molecule has 1 aliphatic carbocycles. The quantitative estimate of drug-likeness (QED) is 0.891. The van der Waals surface area contributed by atoms with E-state index in [1.165, 1.54) is 25.7 Å². The fourth-order valence-electron chi connectivity index (χ4n) is 2.85. The number of nitrogens with zero attached hydrogens (tertiary/aromatic N) is 3. The Bertz CT molecular complexity index is 609. The number of hydrogen-bond acceptors (Lipinski definition) is 4. The third-order valence-electron chi connectivity index (χ3n) is 3.90. The lowest BCUT2D eigenvalue weighted by Gasteiger charge is -2.16. The summed E-state index contributed by atoms with van der Waals surface area (Å²) in [4.78, 5) is 13.6. The molecule has 5 heteroatoms. The Morgan fingerprint density at radius 2 is 1.90 bits per heavy atom. The van der Waals surface area contributed by atoms with E-state index < -0.39 is 0 Å². The molecule has 1 aliphatic rings. The van der Waals surface area contributed by atoms with Crippen molar-refractivity contribution in [3.05, 3.63) is 34.7 Å². The Morgan fingerprint density at radius 1 is 1.19 bits per heavy atom. The maximum absolute atomic E-state index is 4.84. The van der Waals surface area contributed by atoms with Gasteiger partial charge in [-0.25, -0.2) is 9.97 Å². The number of anilines is 1. The second-order valence-electron chi connectivity index (χ2n) is 5.34. The summed E-state index contributed by atoms with van der Waals surface area (Å²) in [6.45, 7) is 2.92. The Kier molecular flexibility index (Phi) is 4.48. The van der Waals surface area contributed by atoms with Crippen LogP contribution in [0.1, 0.15) is 44.2 Å². The maximum atomic E-state index is 4.84. The summed E-state index contributed by atoms with van der Waals surface area (Å²) in [7, 11) is 0. The van der Waals surface area contributed by atoms with Crippen LogP contribution in [0, 0.1) is 0 Å². The first kappa shape index (κ1) is 14.4. The highest BCUT2D eigenvalue weighted by atomic mass is 79.9. The van der Waals surface area contributed by atoms with E-state index in [1.54, 1.807) is 12.4 Å². The van der Waals surface area contributed by atoms with E-state index >= 15 is 0 Å². The third kappa shape index (κ3) is 3.07. The van der Waals surface area contributed by atoms with E-state index in [0.29, 0.717) is 5.92 Å². The van der Waals surface area contributed by atoms with Gasteiger partial charge in [-0.15, -0.1) is 0 Å². The first-order chi connectivity index (χ1) is 10.3. The molecule has 1 saturated carbocycles. The van der Waals surface area contributed by atoms with Crippen LogP contribution in [0.5, 0.6) is 0 Å². The molecule has 0 amide bonds. The van der Waals surface area contributed by atoms with Gasteiger partial charge in [-0.3, -0.25) is 4.98 Å². The average molecular weight is 347 g/mol. The van der Waals surface area contributed by atoms with Crippen LogP contribution in [-0.4, -0.2) is 21.5 Å². The van der Waals surface area contributed by atoms with Gasteiger partial charge in [-0.1, -0.05) is 12.8 Å². The average Bonchev–Trinajstić information content (AvgIpc) is 3.04. The Morgan fingerprint density at radius 3 is 2.57 bits per heavy atom. The van der Waals surface area contributed by atoms with Crippen LogP contribution < -0.4 is 5.32 Å². The van der Waals surface area contributed by atoms with Crippen LogP contribution >= 0.6 is 15.9 Å². The molecule has 2 aromatic heterocycles. The summed E-state index contributed by atoms with van der Waals surface area (Å²) >= 11 is 3.70. The largest absolute Gasteiger partial charge is 0.369 e. The minimum absolute atomic E-state index is 0.542. The zero-order chi connectivity index (χ0) is 14.7. The Hall–Kier alpha value is -1.49. The van der Waals surface area contributed by atoms with Gasteiger partial charge in [0, 0.05) is 30.4 Å². The van der Waals surface area contributed by atoms with Crippen molar-refractivity contribution in [3.63, 3.8) is 0 Å². The molecule has 0 unspecified atom stereocenters. The highest BCUT2D eigenvalue weighted by molar-refractivity contribution is 9.10. The van der Waals surface area contributed by atoms with Crippen LogP contribution in [0.4, 0.5) is 5.82 Å². The topological polar surface area (TPSA) is 50.7 Å². The molecule has 0 aliphatic heterocycles. The summed E-state index contributed by atoms with van der Waals surface area (Å²) in [6.07, 6.45) is 8.59. The molecule has 1 N–H and O–H groups in total. The molecule has 21 heavy (non-hydrogen) atoms. The number of halogens is 1. The molecule has 0 spiro atoms. The van der Waals surface area contributed by atoms with Crippen LogP contribution in [0.2, 0.25) is 0 Å². The number of pyridine rings is 1. The first-order valence-electron chi connectivity index (χ1n) is 7.51. The molecule has 0 atom stereocenters. The number of rotatable bonds is 4. The maximum Gasteiger partial charge on any atom is 0.161 e. The van der Waals surface area contributed by atoms with Gasteiger partial charge in [0.15, 0.2) is 5.82 Å². The SMILES string of the molecule is CCNc1nc(-c2ccncc2)nc(C2CCCC2)c1Br. The van der Waals surface area contributed by atoms with E-state index in [4.69, 9.17) is 4.98 Å². The van der Waals surface area contributed by atoms with Crippen molar-refractivity contribution in [2.24, 2.45) is 0 Å². The smallest absolute Gasteiger partial charge is 0.161 e. The second-order valence-corrected chi connectivity index (χ2v) is 6.14. The summed E-state index contributed by atoms with van der Waals surface area (Å²) in [5, 5.41) is 3.34. The Labute approximate surface area is 133 Å². The predicted molar refractivity (Wildman–Crippen MR) is 88.3 cm³/mol. The molecule has 3 rings (SSSR count). The lowest BCUT2D eigenvalue weighted by Crippen LogP contribution is -2.08. The summed E-state index contributed by atoms with van der Waals surface area (Å²) < 4.78 is 1.02. The molecule has 0 radical (unpaired) electrons. The first-order valence-corrected chi connectivity index (χ1v) is 8.30. The summed E-state index contributed by atoms with van der Waals surface area (Å²) in [5.41, 5.74) is 2.15. The fraction of sp³-hybridized carbons (Fsp3) is 0.438. The van der Waals surface area contributed by atoms with Gasteiger partial charge in [0.2, 0.25) is 0 Å². The molecular formula is C16H19BrN4. The lowest BCUT2D eigenvalue weighted by molar-refractivity contribution is 0.691. The minimum atomic E-state index is 0.542. The van der Waals surface area contributed by atoms with Crippen molar-refractivity contribution in [2.45, 2.75) is 38.5 Å². The van der Waals surface area contributed by atoms with Gasteiger partial charge < -0.3 is 5.32 Å². The molecule has 1 fully saturated rings. The highest BCUT2D eigenvalue weighted by Gasteiger charge is 2.24. The standard InChI is InChI=1S/C16H19BrN4/c1-2-19-16-13(17)14(11-5-3-4-6-11)20-15(21-16)12-7-9-18-10-8-12/h7-11H,2-6H2,1H3,(H,19,20,21). The number of hydrogen-bond donors (Lipinski definition) is 1. The third-order valence-corrected chi connectivity index (χ3v) is 4.68. The van der Waals surface area contributed by atoms with E-state index in [9.17, 15) is 0 Å². The molecule has 2 aromatic rings. The van der Waals surface area contributed by atoms with Crippen molar-refractivity contribution in [2.75, 3.05) is 11.9 Å². The normalized spacial score (nSPS) is 15.3. The molecule has 2 heterocycles. The molecular weight excluding hydrogens is 328 g/mol. The van der Waals surface area contributed by atoms with Crippen molar-refractivity contribution in [1.29, 1.82) is 0 Å². The highest BCUT2D eigenvalue weighted by Crippen LogP contribution is 2.39. The lowest BCUT2D eigenvalue weighted by atomic mass is 10.0. The minimum Gasteiger partial charge on any atom is -0.369 e. The van der Waals surface area contributed by atoms with Crippen molar-refractivity contribution < 1.29 is 0 Å². The van der Waals surface area contributed by atoms with Crippen molar-refractivity contribution in [3.8, 4) is 11.4 Å². The van der Waals surface area contributed by atoms with Crippen LogP contribution in [0.15, 0.2) is 29.0 Å². The second kappa shape index (κ2) is 6.52. The molecule has 110 valence electrons. The van der Waals surface area contributed by atoms with E-state index in [2.05, 4.69) is 38.1 Å². The van der Waals surface area contributed by atoms with Crippen LogP contribution in [0.3, 0.4) is 0 Å². The monoisotopic (exact) mass is 346 g/mol. The Balaban J connectivity index is 2.08. The zero-order valence-electron chi connectivity index (χ0n) is 12.1. The van der Waals surface area contributed by atoms with Crippen LogP contribution in [0.25, 0.3) is 11.4 Å². The molecule has 0 saturated heterocycles. The van der Waals surface area contributed by atoms with Gasteiger partial charge in [0.25, 0.3) is 0 Å². The van der Waals surface area contributed by atoms with E-state index in [-0.39, 0.29) is 0 Å². The van der Waals surface area contributed by atoms with E-state index in [1.807, 2.05) is 12.1 Å². The van der Waals surface area contributed by atoms with Gasteiger partial charge >= 0.3 is 0 Å². The molecule has 4 nitrogen and oxygen atoms in total. The van der Waals surface area contributed by atoms with Crippen molar-refractivity contribution >= 4 is 21.7 Å². The molecule has 0 aromatic carbocycles. The van der Waals surface area contributed by atoms with Gasteiger partial charge in [-0.05, 0) is 47.8 Å². The summed E-state index contributed by atoms with van der Waals surface area (Å²) in [6, 6.07) is 3.91. The fourth-order valence-corrected chi connectivity index (χ4v) is 3.49. The zero-order valence-corrected chi connectivity index (χ0v) is 13.7. The van der Waals surface area contributed by atoms with Gasteiger partial charge in [0.1, 0.15) is 5.82 Å². The summed E-state index contributed by atoms with van der Waals surface area (Å²) in [5.74, 6) is 2.21. The van der Waals surface area contributed by atoms with Gasteiger partial charge in [0.05, 0.1) is 10.2 Å². The molecule has 0 bridgehead atoms. The van der Waals surface area contributed by atoms with Gasteiger partial charge in [-0.2, -0.15) is 0 Å². The predicted octanol–water partition coefficient (Wildman–Crippen LogP) is 4.39. The number of aromatic nitrogens is 3. The van der Waals surface area contributed by atoms with E-state index in [0.717, 1.165) is 33.9 Å². The number of nitrogens with one attached hydrogen (secondary N) is 1. The van der Waals surface area contributed by atoms with Crippen molar-refractivity contribution in [1.82, 2.24) is 15.0 Å².